The lowest BCUT2D eigenvalue weighted by Crippen LogP contribution is -1.92. The normalized spacial score (nSPS) is 10.6. The van der Waals surface area contributed by atoms with Gasteiger partial charge in [0.1, 0.15) is 5.82 Å². The fourth-order valence-corrected chi connectivity index (χ4v) is 0.640. The number of alkyl halides is 2. The SMILES string of the molecule is Cc1ncc(C(F)F)cc1F. The van der Waals surface area contributed by atoms with Crippen LogP contribution in [0.2, 0.25) is 0 Å². The van der Waals surface area contributed by atoms with Crippen molar-refractivity contribution >= 4 is 0 Å². The van der Waals surface area contributed by atoms with Gasteiger partial charge in [0.15, 0.2) is 0 Å². The minimum absolute atomic E-state index is 0.134. The summed E-state index contributed by atoms with van der Waals surface area (Å²) in [4.78, 5) is 3.44. The molecule has 0 saturated carbocycles. The molecule has 0 radical (unpaired) electrons. The zero-order valence-electron chi connectivity index (χ0n) is 5.81. The molecule has 0 fully saturated rings. The molecule has 0 unspecified atom stereocenters. The molecule has 0 bridgehead atoms. The molecule has 0 saturated heterocycles. The van der Waals surface area contributed by atoms with Gasteiger partial charge in [0.05, 0.1) is 5.69 Å². The number of nitrogens with zero attached hydrogens (tertiary/aromatic N) is 1. The number of halogens is 3. The van der Waals surface area contributed by atoms with Crippen LogP contribution in [0.3, 0.4) is 0 Å². The summed E-state index contributed by atoms with van der Waals surface area (Å²) in [7, 11) is 0. The van der Waals surface area contributed by atoms with Crippen molar-refractivity contribution in [3.05, 3.63) is 29.3 Å². The lowest BCUT2D eigenvalue weighted by Gasteiger charge is -1.99. The molecule has 60 valence electrons. The van der Waals surface area contributed by atoms with Crippen molar-refractivity contribution in [2.75, 3.05) is 0 Å². The van der Waals surface area contributed by atoms with E-state index in [1.807, 2.05) is 0 Å². The number of hydrogen-bond acceptors (Lipinski definition) is 1. The largest absolute Gasteiger partial charge is 0.265 e. The molecule has 11 heavy (non-hydrogen) atoms. The van der Waals surface area contributed by atoms with Crippen LogP contribution in [0.1, 0.15) is 17.7 Å². The zero-order chi connectivity index (χ0) is 8.43. The maximum Gasteiger partial charge on any atom is 0.265 e. The third kappa shape index (κ3) is 1.69. The van der Waals surface area contributed by atoms with Crippen LogP contribution in [0.4, 0.5) is 13.2 Å². The first kappa shape index (κ1) is 8.04. The van der Waals surface area contributed by atoms with E-state index in [0.29, 0.717) is 0 Å². The molecule has 1 heterocycles. The first-order valence-corrected chi connectivity index (χ1v) is 3.01. The first-order valence-electron chi connectivity index (χ1n) is 3.01. The monoisotopic (exact) mass is 161 g/mol. The first-order chi connectivity index (χ1) is 5.11. The molecule has 0 aliphatic carbocycles. The lowest BCUT2D eigenvalue weighted by atomic mass is 10.2. The summed E-state index contributed by atoms with van der Waals surface area (Å²) >= 11 is 0. The van der Waals surface area contributed by atoms with Crippen LogP contribution in [-0.4, -0.2) is 4.98 Å². The van der Waals surface area contributed by atoms with E-state index in [0.717, 1.165) is 12.3 Å². The molecule has 0 aliphatic rings. The van der Waals surface area contributed by atoms with E-state index in [4.69, 9.17) is 0 Å². The second-order valence-electron chi connectivity index (χ2n) is 2.14. The van der Waals surface area contributed by atoms with Crippen molar-refractivity contribution in [1.82, 2.24) is 4.98 Å². The highest BCUT2D eigenvalue weighted by Gasteiger charge is 2.09. The van der Waals surface area contributed by atoms with Crippen molar-refractivity contribution in [2.45, 2.75) is 13.3 Å². The number of hydrogen-bond donors (Lipinski definition) is 0. The third-order valence-electron chi connectivity index (χ3n) is 1.30. The zero-order valence-corrected chi connectivity index (χ0v) is 5.81. The van der Waals surface area contributed by atoms with E-state index in [-0.39, 0.29) is 11.3 Å². The minimum atomic E-state index is -2.66. The predicted molar refractivity (Wildman–Crippen MR) is 33.9 cm³/mol. The smallest absolute Gasteiger partial charge is 0.258 e. The number of aromatic nitrogens is 1. The highest BCUT2D eigenvalue weighted by molar-refractivity contribution is 5.16. The molecule has 0 aliphatic heterocycles. The standard InChI is InChI=1S/C7H6F3N/c1-4-6(8)2-5(3-11-4)7(9)10/h2-3,7H,1H3. The Bertz CT molecular complexity index is 260. The van der Waals surface area contributed by atoms with Gasteiger partial charge < -0.3 is 0 Å². The van der Waals surface area contributed by atoms with E-state index < -0.39 is 12.2 Å². The topological polar surface area (TPSA) is 12.9 Å². The fourth-order valence-electron chi connectivity index (χ4n) is 0.640. The Morgan fingerprint density at radius 3 is 2.55 bits per heavy atom. The Morgan fingerprint density at radius 2 is 2.09 bits per heavy atom. The minimum Gasteiger partial charge on any atom is -0.258 e. The molecule has 1 rings (SSSR count). The summed E-state index contributed by atoms with van der Waals surface area (Å²) in [6.07, 6.45) is -1.68. The number of pyridine rings is 1. The van der Waals surface area contributed by atoms with Crippen LogP contribution in [0, 0.1) is 12.7 Å². The van der Waals surface area contributed by atoms with Gasteiger partial charge in [0, 0.05) is 11.8 Å². The summed E-state index contributed by atoms with van der Waals surface area (Å²) in [6, 6.07) is 0.799. The number of rotatable bonds is 1. The molecule has 0 aromatic carbocycles. The summed E-state index contributed by atoms with van der Waals surface area (Å²) in [6.45, 7) is 1.42. The van der Waals surface area contributed by atoms with Crippen LogP contribution < -0.4 is 0 Å². The second kappa shape index (κ2) is 2.90. The van der Waals surface area contributed by atoms with Crippen LogP contribution >= 0.6 is 0 Å². The summed E-state index contributed by atoms with van der Waals surface area (Å²) in [5.74, 6) is -0.692. The second-order valence-corrected chi connectivity index (χ2v) is 2.14. The molecule has 0 N–H and O–H groups in total. The summed E-state index contributed by atoms with van der Waals surface area (Å²) in [5.41, 5.74) is -0.248. The van der Waals surface area contributed by atoms with Crippen molar-refractivity contribution in [2.24, 2.45) is 0 Å². The van der Waals surface area contributed by atoms with Gasteiger partial charge in [-0.25, -0.2) is 13.2 Å². The average molecular weight is 161 g/mol. The van der Waals surface area contributed by atoms with Gasteiger partial charge in [-0.1, -0.05) is 0 Å². The number of aryl methyl sites for hydroxylation is 1. The summed E-state index contributed by atoms with van der Waals surface area (Å²) in [5, 5.41) is 0. The highest BCUT2D eigenvalue weighted by Crippen LogP contribution is 2.18. The Labute approximate surface area is 61.9 Å². The van der Waals surface area contributed by atoms with E-state index in [1.165, 1.54) is 6.92 Å². The average Bonchev–Trinajstić information content (AvgIpc) is 1.94. The quantitative estimate of drug-likeness (QED) is 0.616. The van der Waals surface area contributed by atoms with Crippen LogP contribution in [0.25, 0.3) is 0 Å². The maximum absolute atomic E-state index is 12.5. The Morgan fingerprint density at radius 1 is 1.45 bits per heavy atom. The van der Waals surface area contributed by atoms with Crippen molar-refractivity contribution in [3.8, 4) is 0 Å². The van der Waals surface area contributed by atoms with Crippen LogP contribution in [-0.2, 0) is 0 Å². The van der Waals surface area contributed by atoms with E-state index in [2.05, 4.69) is 4.98 Å². The Hall–Kier alpha value is -1.06. The Balaban J connectivity index is 3.05. The van der Waals surface area contributed by atoms with Crippen molar-refractivity contribution < 1.29 is 13.2 Å². The van der Waals surface area contributed by atoms with Crippen molar-refractivity contribution in [1.29, 1.82) is 0 Å². The Kier molecular flexibility index (Phi) is 2.12. The summed E-state index contributed by atoms with van der Waals surface area (Å²) < 4.78 is 36.3. The van der Waals surface area contributed by atoms with Gasteiger partial charge in [-0.05, 0) is 13.0 Å². The van der Waals surface area contributed by atoms with E-state index in [1.54, 1.807) is 0 Å². The highest BCUT2D eigenvalue weighted by atomic mass is 19.3. The van der Waals surface area contributed by atoms with Crippen LogP contribution in [0.5, 0.6) is 0 Å². The van der Waals surface area contributed by atoms with Gasteiger partial charge >= 0.3 is 0 Å². The lowest BCUT2D eigenvalue weighted by molar-refractivity contribution is 0.150. The van der Waals surface area contributed by atoms with Gasteiger partial charge in [-0.3, -0.25) is 4.98 Å². The van der Waals surface area contributed by atoms with Gasteiger partial charge in [0.25, 0.3) is 6.43 Å². The molecular weight excluding hydrogens is 155 g/mol. The van der Waals surface area contributed by atoms with Gasteiger partial charge in [-0.2, -0.15) is 0 Å². The van der Waals surface area contributed by atoms with Gasteiger partial charge in [0.2, 0.25) is 0 Å². The molecular formula is C7H6F3N. The predicted octanol–water partition coefficient (Wildman–Crippen LogP) is 2.47. The molecule has 0 spiro atoms. The van der Waals surface area contributed by atoms with E-state index in [9.17, 15) is 13.2 Å². The van der Waals surface area contributed by atoms with Crippen LogP contribution in [0.15, 0.2) is 12.3 Å². The molecule has 1 nitrogen and oxygen atoms in total. The molecule has 4 heteroatoms. The molecule has 1 aromatic heterocycles. The van der Waals surface area contributed by atoms with Gasteiger partial charge in [-0.15, -0.1) is 0 Å². The van der Waals surface area contributed by atoms with Crippen molar-refractivity contribution in [3.63, 3.8) is 0 Å². The molecule has 0 atom stereocenters. The maximum atomic E-state index is 12.5. The van der Waals surface area contributed by atoms with E-state index >= 15 is 0 Å². The fraction of sp³-hybridized carbons (Fsp3) is 0.286. The molecule has 1 aromatic rings. The molecule has 0 amide bonds. The third-order valence-corrected chi connectivity index (χ3v) is 1.30.